The molecule has 0 spiro atoms. The van der Waals surface area contributed by atoms with Gasteiger partial charge in [-0.1, -0.05) is 12.1 Å². The van der Waals surface area contributed by atoms with E-state index in [0.717, 1.165) is 44.3 Å². The molecule has 2 aliphatic heterocycles. The van der Waals surface area contributed by atoms with Crippen molar-refractivity contribution in [3.63, 3.8) is 0 Å². The highest BCUT2D eigenvalue weighted by Gasteiger charge is 2.25. The largest absolute Gasteiger partial charge is 0.352 e. The van der Waals surface area contributed by atoms with Crippen molar-refractivity contribution >= 4 is 17.8 Å². The zero-order valence-corrected chi connectivity index (χ0v) is 18.2. The molecule has 0 aromatic heterocycles. The predicted octanol–water partition coefficient (Wildman–Crippen LogP) is 2.73. The molecule has 2 saturated heterocycles. The van der Waals surface area contributed by atoms with Gasteiger partial charge >= 0.3 is 6.03 Å². The summed E-state index contributed by atoms with van der Waals surface area (Å²) in [7, 11) is 0. The average Bonchev–Trinajstić information content (AvgIpc) is 3.15. The second-order valence-electron chi connectivity index (χ2n) is 8.61. The fourth-order valence-electron chi connectivity index (χ4n) is 4.22. The predicted molar refractivity (Wildman–Crippen MR) is 116 cm³/mol. The van der Waals surface area contributed by atoms with Gasteiger partial charge in [-0.05, 0) is 57.2 Å². The molecule has 7 heteroatoms. The van der Waals surface area contributed by atoms with Crippen molar-refractivity contribution in [2.45, 2.75) is 57.9 Å². The summed E-state index contributed by atoms with van der Waals surface area (Å²) in [6, 6.07) is 7.85. The Bertz CT molecular complexity index is 765. The van der Waals surface area contributed by atoms with Crippen LogP contribution in [0.4, 0.5) is 4.79 Å². The van der Waals surface area contributed by atoms with Gasteiger partial charge in [0.1, 0.15) is 0 Å². The van der Waals surface area contributed by atoms with E-state index in [0.29, 0.717) is 31.6 Å². The zero-order valence-electron chi connectivity index (χ0n) is 18.2. The summed E-state index contributed by atoms with van der Waals surface area (Å²) in [4.78, 5) is 40.3. The van der Waals surface area contributed by atoms with Gasteiger partial charge in [-0.15, -0.1) is 0 Å². The van der Waals surface area contributed by atoms with Gasteiger partial charge < -0.3 is 20.4 Å². The van der Waals surface area contributed by atoms with Crippen LogP contribution in [0.2, 0.25) is 0 Å². The minimum atomic E-state index is -0.0881. The quantitative estimate of drug-likeness (QED) is 0.673. The number of hydrogen-bond acceptors (Lipinski definition) is 3. The van der Waals surface area contributed by atoms with Gasteiger partial charge in [0.25, 0.3) is 5.91 Å². The van der Waals surface area contributed by atoms with Crippen molar-refractivity contribution in [1.29, 1.82) is 0 Å². The van der Waals surface area contributed by atoms with Gasteiger partial charge in [0.15, 0.2) is 0 Å². The zero-order chi connectivity index (χ0) is 21.5. The van der Waals surface area contributed by atoms with Crippen molar-refractivity contribution in [2.75, 3.05) is 32.7 Å². The summed E-state index contributed by atoms with van der Waals surface area (Å²) in [5, 5.41) is 5.93. The Balaban J connectivity index is 1.51. The third kappa shape index (κ3) is 5.97. The third-order valence-electron chi connectivity index (χ3n) is 5.80. The van der Waals surface area contributed by atoms with E-state index >= 15 is 0 Å². The lowest BCUT2D eigenvalue weighted by Gasteiger charge is -2.33. The molecule has 2 aliphatic rings. The van der Waals surface area contributed by atoms with Crippen LogP contribution in [0.1, 0.15) is 67.8 Å². The first kappa shape index (κ1) is 22.1. The van der Waals surface area contributed by atoms with Gasteiger partial charge in [-0.2, -0.15) is 0 Å². The van der Waals surface area contributed by atoms with Gasteiger partial charge in [0.05, 0.1) is 0 Å². The molecule has 0 radical (unpaired) electrons. The maximum atomic E-state index is 12.6. The van der Waals surface area contributed by atoms with Crippen LogP contribution in [0.25, 0.3) is 0 Å². The van der Waals surface area contributed by atoms with Gasteiger partial charge in [-0.25, -0.2) is 4.79 Å². The second-order valence-corrected chi connectivity index (χ2v) is 8.61. The number of benzene rings is 1. The first-order chi connectivity index (χ1) is 14.4. The van der Waals surface area contributed by atoms with Crippen LogP contribution in [-0.2, 0) is 4.79 Å². The number of urea groups is 1. The van der Waals surface area contributed by atoms with Gasteiger partial charge in [-0.3, -0.25) is 9.59 Å². The maximum absolute atomic E-state index is 12.6. The molecule has 1 atom stereocenters. The Kier molecular flexibility index (Phi) is 7.71. The Hall–Kier alpha value is -2.57. The van der Waals surface area contributed by atoms with E-state index in [1.165, 1.54) is 0 Å². The van der Waals surface area contributed by atoms with E-state index in [9.17, 15) is 14.4 Å². The number of nitrogens with one attached hydrogen (secondary N) is 2. The summed E-state index contributed by atoms with van der Waals surface area (Å²) >= 11 is 0. The van der Waals surface area contributed by atoms with E-state index in [2.05, 4.69) is 10.6 Å². The van der Waals surface area contributed by atoms with Crippen molar-refractivity contribution in [1.82, 2.24) is 20.4 Å². The first-order valence-electron chi connectivity index (χ1n) is 11.2. The Morgan fingerprint density at radius 3 is 2.77 bits per heavy atom. The number of rotatable bonds is 7. The number of carbonyl (C=O) groups excluding carboxylic acids is 3. The van der Waals surface area contributed by atoms with Crippen molar-refractivity contribution in [2.24, 2.45) is 0 Å². The highest BCUT2D eigenvalue weighted by Crippen LogP contribution is 2.27. The van der Waals surface area contributed by atoms with E-state index in [-0.39, 0.29) is 29.8 Å². The molecule has 2 fully saturated rings. The topological polar surface area (TPSA) is 81.8 Å². The standard InChI is InChI=1S/C23H34N4O3/c1-17(2)25-23(30)27-13-4-9-20(16-27)18-7-3-8-19(15-18)22(29)24-11-6-14-26-12-5-10-21(26)28/h3,7-8,15,17,20H,4-6,9-14,16H2,1-2H3,(H,24,29)(H,25,30). The first-order valence-corrected chi connectivity index (χ1v) is 11.2. The molecular formula is C23H34N4O3. The van der Waals surface area contributed by atoms with Gasteiger partial charge in [0, 0.05) is 56.7 Å². The number of likely N-dealkylation sites (tertiary alicyclic amines) is 2. The van der Waals surface area contributed by atoms with Crippen molar-refractivity contribution in [3.8, 4) is 0 Å². The summed E-state index contributed by atoms with van der Waals surface area (Å²) < 4.78 is 0. The van der Waals surface area contributed by atoms with Crippen LogP contribution in [0.3, 0.4) is 0 Å². The molecule has 0 aliphatic carbocycles. The number of piperidine rings is 1. The molecule has 2 N–H and O–H groups in total. The fourth-order valence-corrected chi connectivity index (χ4v) is 4.22. The summed E-state index contributed by atoms with van der Waals surface area (Å²) in [6.45, 7) is 7.47. The molecule has 30 heavy (non-hydrogen) atoms. The summed E-state index contributed by atoms with van der Waals surface area (Å²) in [5.74, 6) is 0.373. The van der Waals surface area contributed by atoms with E-state index in [1.54, 1.807) is 0 Å². The number of hydrogen-bond donors (Lipinski definition) is 2. The normalized spacial score (nSPS) is 19.3. The molecular weight excluding hydrogens is 380 g/mol. The molecule has 1 unspecified atom stereocenters. The summed E-state index contributed by atoms with van der Waals surface area (Å²) in [6.07, 6.45) is 4.33. The van der Waals surface area contributed by atoms with Crippen LogP contribution in [-0.4, -0.2) is 66.4 Å². The lowest BCUT2D eigenvalue weighted by atomic mass is 9.89. The lowest BCUT2D eigenvalue weighted by Crippen LogP contribution is -2.47. The van der Waals surface area contributed by atoms with E-state index in [1.807, 2.05) is 47.9 Å². The summed E-state index contributed by atoms with van der Waals surface area (Å²) in [5.41, 5.74) is 1.75. The lowest BCUT2D eigenvalue weighted by molar-refractivity contribution is -0.127. The fraction of sp³-hybridized carbons (Fsp3) is 0.609. The minimum Gasteiger partial charge on any atom is -0.352 e. The Morgan fingerprint density at radius 1 is 1.20 bits per heavy atom. The highest BCUT2D eigenvalue weighted by atomic mass is 16.2. The van der Waals surface area contributed by atoms with Crippen molar-refractivity contribution < 1.29 is 14.4 Å². The molecule has 164 valence electrons. The van der Waals surface area contributed by atoms with Crippen LogP contribution < -0.4 is 10.6 Å². The number of carbonyl (C=O) groups is 3. The second kappa shape index (κ2) is 10.5. The SMILES string of the molecule is CC(C)NC(=O)N1CCCC(c2cccc(C(=O)NCCCN3CCCC3=O)c2)C1. The number of nitrogens with zero attached hydrogens (tertiary/aromatic N) is 2. The van der Waals surface area contributed by atoms with Crippen LogP contribution >= 0.6 is 0 Å². The molecule has 1 aromatic carbocycles. The van der Waals surface area contributed by atoms with Crippen LogP contribution in [0, 0.1) is 0 Å². The monoisotopic (exact) mass is 414 g/mol. The molecule has 7 nitrogen and oxygen atoms in total. The number of amides is 4. The van der Waals surface area contributed by atoms with Gasteiger partial charge in [0.2, 0.25) is 5.91 Å². The molecule has 2 heterocycles. The maximum Gasteiger partial charge on any atom is 0.317 e. The van der Waals surface area contributed by atoms with E-state index < -0.39 is 0 Å². The molecule has 3 rings (SSSR count). The van der Waals surface area contributed by atoms with Crippen LogP contribution in [0.5, 0.6) is 0 Å². The smallest absolute Gasteiger partial charge is 0.317 e. The minimum absolute atomic E-state index is 0.0138. The average molecular weight is 415 g/mol. The Labute approximate surface area is 179 Å². The Morgan fingerprint density at radius 2 is 2.03 bits per heavy atom. The third-order valence-corrected chi connectivity index (χ3v) is 5.80. The molecule has 0 saturated carbocycles. The van der Waals surface area contributed by atoms with Crippen LogP contribution in [0.15, 0.2) is 24.3 Å². The van der Waals surface area contributed by atoms with E-state index in [4.69, 9.17) is 0 Å². The molecule has 1 aromatic rings. The highest BCUT2D eigenvalue weighted by molar-refractivity contribution is 5.94. The van der Waals surface area contributed by atoms with Crippen molar-refractivity contribution in [3.05, 3.63) is 35.4 Å². The molecule has 0 bridgehead atoms. The molecule has 4 amide bonds.